The lowest BCUT2D eigenvalue weighted by atomic mass is 10.1. The largest absolute Gasteiger partial charge is 0.454 e. The molecule has 0 unspecified atom stereocenters. The number of piperidine rings is 1. The standard InChI is InChI=1S/C19H23FN4O3/c20-16-9-14(21)1-2-18(16)27-17-3-6-22-10-13(17)11-23-19(26)12-24-7-4-15(25)5-8-24/h1-3,6,9-10,15,25H,4-5,7-8,11-12,21H2,(H,23,26). The zero-order valence-electron chi connectivity index (χ0n) is 14.9. The van der Waals surface area contributed by atoms with Gasteiger partial charge in [0.1, 0.15) is 5.75 Å². The van der Waals surface area contributed by atoms with Crippen LogP contribution in [0.25, 0.3) is 0 Å². The molecule has 0 aliphatic carbocycles. The SMILES string of the molecule is Nc1ccc(Oc2ccncc2CNC(=O)CN2CCC(O)CC2)c(F)c1. The maximum atomic E-state index is 14.0. The van der Waals surface area contributed by atoms with Crippen LogP contribution in [-0.2, 0) is 11.3 Å². The molecule has 27 heavy (non-hydrogen) atoms. The lowest BCUT2D eigenvalue weighted by molar-refractivity contribution is -0.123. The monoisotopic (exact) mass is 374 g/mol. The average molecular weight is 374 g/mol. The van der Waals surface area contributed by atoms with E-state index in [1.807, 2.05) is 4.90 Å². The number of pyridine rings is 1. The minimum atomic E-state index is -0.561. The molecule has 4 N–H and O–H groups in total. The van der Waals surface area contributed by atoms with Gasteiger partial charge in [-0.2, -0.15) is 0 Å². The van der Waals surface area contributed by atoms with E-state index >= 15 is 0 Å². The number of aliphatic hydroxyl groups excluding tert-OH is 1. The van der Waals surface area contributed by atoms with Crippen LogP contribution in [0, 0.1) is 5.82 Å². The number of benzene rings is 1. The average Bonchev–Trinajstić information content (AvgIpc) is 2.65. The summed E-state index contributed by atoms with van der Waals surface area (Å²) in [4.78, 5) is 18.2. The number of nitrogens with two attached hydrogens (primary N) is 1. The van der Waals surface area contributed by atoms with Gasteiger partial charge in [-0.05, 0) is 31.0 Å². The van der Waals surface area contributed by atoms with Crippen molar-refractivity contribution < 1.29 is 19.0 Å². The second-order valence-corrected chi connectivity index (χ2v) is 6.56. The van der Waals surface area contributed by atoms with Gasteiger partial charge in [0.15, 0.2) is 11.6 Å². The number of likely N-dealkylation sites (tertiary alicyclic amines) is 1. The molecule has 1 amide bonds. The summed E-state index contributed by atoms with van der Waals surface area (Å²) in [6.07, 6.45) is 4.20. The van der Waals surface area contributed by atoms with Crippen molar-refractivity contribution in [3.8, 4) is 11.5 Å². The molecule has 1 aliphatic heterocycles. The maximum Gasteiger partial charge on any atom is 0.234 e. The summed E-state index contributed by atoms with van der Waals surface area (Å²) in [5.74, 6) is -0.223. The van der Waals surface area contributed by atoms with E-state index in [1.54, 1.807) is 18.3 Å². The first-order valence-corrected chi connectivity index (χ1v) is 8.84. The number of nitrogen functional groups attached to an aromatic ring is 1. The third-order valence-corrected chi connectivity index (χ3v) is 4.44. The number of halogens is 1. The van der Waals surface area contributed by atoms with Gasteiger partial charge in [-0.1, -0.05) is 0 Å². The third-order valence-electron chi connectivity index (χ3n) is 4.44. The Bertz CT molecular complexity index is 794. The number of carbonyl (C=O) groups excluding carboxylic acids is 1. The molecule has 0 spiro atoms. The first kappa shape index (κ1) is 19.1. The highest BCUT2D eigenvalue weighted by molar-refractivity contribution is 5.78. The van der Waals surface area contributed by atoms with Crippen LogP contribution in [0.15, 0.2) is 36.7 Å². The number of rotatable bonds is 6. The Morgan fingerprint density at radius 3 is 2.85 bits per heavy atom. The molecule has 3 rings (SSSR count). The van der Waals surface area contributed by atoms with Gasteiger partial charge in [0.2, 0.25) is 5.91 Å². The normalized spacial score (nSPS) is 15.5. The highest BCUT2D eigenvalue weighted by Crippen LogP contribution is 2.28. The summed E-state index contributed by atoms with van der Waals surface area (Å²) in [5.41, 5.74) is 6.49. The number of anilines is 1. The molecule has 0 radical (unpaired) electrons. The lowest BCUT2D eigenvalue weighted by Crippen LogP contribution is -2.42. The topological polar surface area (TPSA) is 101 Å². The quantitative estimate of drug-likeness (QED) is 0.665. The molecule has 144 valence electrons. The summed E-state index contributed by atoms with van der Waals surface area (Å²) >= 11 is 0. The number of aliphatic hydroxyl groups is 1. The Morgan fingerprint density at radius 1 is 1.33 bits per heavy atom. The molecule has 1 aliphatic rings. The van der Waals surface area contributed by atoms with Gasteiger partial charge < -0.3 is 20.9 Å². The first-order valence-electron chi connectivity index (χ1n) is 8.84. The van der Waals surface area contributed by atoms with E-state index < -0.39 is 5.82 Å². The van der Waals surface area contributed by atoms with E-state index in [1.165, 1.54) is 18.3 Å². The molecule has 0 saturated carbocycles. The number of hydrogen-bond acceptors (Lipinski definition) is 6. The Hall–Kier alpha value is -2.71. The van der Waals surface area contributed by atoms with E-state index in [-0.39, 0.29) is 30.9 Å². The minimum Gasteiger partial charge on any atom is -0.454 e. The minimum absolute atomic E-state index is 0.0508. The van der Waals surface area contributed by atoms with Crippen molar-refractivity contribution in [1.82, 2.24) is 15.2 Å². The number of aromatic nitrogens is 1. The maximum absolute atomic E-state index is 14.0. The fourth-order valence-corrected chi connectivity index (χ4v) is 2.90. The predicted octanol–water partition coefficient (Wildman–Crippen LogP) is 1.67. The summed E-state index contributed by atoms with van der Waals surface area (Å²) in [7, 11) is 0. The van der Waals surface area contributed by atoms with E-state index in [0.29, 0.717) is 42.9 Å². The van der Waals surface area contributed by atoms with Gasteiger partial charge in [0.25, 0.3) is 0 Å². The van der Waals surface area contributed by atoms with Gasteiger partial charge >= 0.3 is 0 Å². The van der Waals surface area contributed by atoms with Crippen LogP contribution in [0.5, 0.6) is 11.5 Å². The molecule has 7 nitrogen and oxygen atoms in total. The van der Waals surface area contributed by atoms with Gasteiger partial charge in [0.05, 0.1) is 12.6 Å². The van der Waals surface area contributed by atoms with Crippen LogP contribution in [0.3, 0.4) is 0 Å². The Balaban J connectivity index is 1.58. The molecule has 1 aromatic heterocycles. The van der Waals surface area contributed by atoms with Crippen LogP contribution in [0.1, 0.15) is 18.4 Å². The van der Waals surface area contributed by atoms with E-state index in [4.69, 9.17) is 10.5 Å². The van der Waals surface area contributed by atoms with Crippen molar-refractivity contribution in [1.29, 1.82) is 0 Å². The number of carbonyl (C=O) groups is 1. The van der Waals surface area contributed by atoms with Crippen LogP contribution >= 0.6 is 0 Å². The Kier molecular flexibility index (Phi) is 6.20. The molecule has 2 aromatic rings. The van der Waals surface area contributed by atoms with Crippen LogP contribution in [0.4, 0.5) is 10.1 Å². The number of ether oxygens (including phenoxy) is 1. The molecule has 8 heteroatoms. The van der Waals surface area contributed by atoms with Crippen LogP contribution in [-0.4, -0.2) is 46.6 Å². The number of hydrogen-bond donors (Lipinski definition) is 3. The van der Waals surface area contributed by atoms with Crippen LogP contribution in [0.2, 0.25) is 0 Å². The first-order chi connectivity index (χ1) is 13.0. The fraction of sp³-hybridized carbons (Fsp3) is 0.368. The number of nitrogens with one attached hydrogen (secondary N) is 1. The molecular weight excluding hydrogens is 351 g/mol. The van der Waals surface area contributed by atoms with E-state index in [2.05, 4.69) is 10.3 Å². The molecule has 1 saturated heterocycles. The zero-order chi connectivity index (χ0) is 19.2. The van der Waals surface area contributed by atoms with Gasteiger partial charge in [0, 0.05) is 49.3 Å². The second kappa shape index (κ2) is 8.79. The summed E-state index contributed by atoms with van der Waals surface area (Å²) in [6, 6.07) is 5.81. The fourth-order valence-electron chi connectivity index (χ4n) is 2.90. The third kappa shape index (κ3) is 5.38. The van der Waals surface area contributed by atoms with Gasteiger partial charge in [-0.3, -0.25) is 14.7 Å². The second-order valence-electron chi connectivity index (χ2n) is 6.56. The van der Waals surface area contributed by atoms with Crippen molar-refractivity contribution in [3.05, 3.63) is 48.0 Å². The van der Waals surface area contributed by atoms with E-state index in [0.717, 1.165) is 0 Å². The molecular formula is C19H23FN4O3. The summed E-state index contributed by atoms with van der Waals surface area (Å²) < 4.78 is 19.6. The molecule has 1 aromatic carbocycles. The van der Waals surface area contributed by atoms with Gasteiger partial charge in [-0.25, -0.2) is 4.39 Å². The molecule has 1 fully saturated rings. The molecule has 0 bridgehead atoms. The van der Waals surface area contributed by atoms with E-state index in [9.17, 15) is 14.3 Å². The van der Waals surface area contributed by atoms with Crippen molar-refractivity contribution >= 4 is 11.6 Å². The van der Waals surface area contributed by atoms with Crippen molar-refractivity contribution in [2.75, 3.05) is 25.4 Å². The number of nitrogens with zero attached hydrogens (tertiary/aromatic N) is 2. The van der Waals surface area contributed by atoms with Gasteiger partial charge in [-0.15, -0.1) is 0 Å². The zero-order valence-corrected chi connectivity index (χ0v) is 14.9. The van der Waals surface area contributed by atoms with Crippen molar-refractivity contribution in [3.63, 3.8) is 0 Å². The molecule has 0 atom stereocenters. The Morgan fingerprint density at radius 2 is 2.11 bits per heavy atom. The van der Waals surface area contributed by atoms with Crippen molar-refractivity contribution in [2.45, 2.75) is 25.5 Å². The summed E-state index contributed by atoms with van der Waals surface area (Å²) in [5, 5.41) is 12.3. The lowest BCUT2D eigenvalue weighted by Gasteiger charge is -2.28. The highest BCUT2D eigenvalue weighted by atomic mass is 19.1. The van der Waals surface area contributed by atoms with Crippen molar-refractivity contribution in [2.24, 2.45) is 0 Å². The smallest absolute Gasteiger partial charge is 0.234 e. The van der Waals surface area contributed by atoms with Crippen LogP contribution < -0.4 is 15.8 Å². The molecule has 2 heterocycles. The number of amides is 1. The highest BCUT2D eigenvalue weighted by Gasteiger charge is 2.19. The predicted molar refractivity (Wildman–Crippen MR) is 98.7 cm³/mol. The summed E-state index contributed by atoms with van der Waals surface area (Å²) in [6.45, 7) is 1.89. The Labute approximate surface area is 157 Å².